The number of fused-ring (bicyclic) bond motifs is 2. The molecule has 2 N–H and O–H groups in total. The van der Waals surface area contributed by atoms with E-state index in [1.54, 1.807) is 0 Å². The molecule has 4 rings (SSSR count). The van der Waals surface area contributed by atoms with E-state index in [4.69, 9.17) is 4.74 Å². The number of anilines is 1. The molecule has 1 aromatic heterocycles. The van der Waals surface area contributed by atoms with Gasteiger partial charge in [-0.05, 0) is 18.1 Å². The number of benzene rings is 1. The molecule has 2 aromatic rings. The van der Waals surface area contributed by atoms with Gasteiger partial charge in [0.2, 0.25) is 0 Å². The summed E-state index contributed by atoms with van der Waals surface area (Å²) < 4.78 is 7.90. The molecular weight excluding hydrogens is 276 g/mol. The van der Waals surface area contributed by atoms with Gasteiger partial charge in [0, 0.05) is 44.1 Å². The number of rotatable bonds is 4. The smallest absolute Gasteiger partial charge is 0.124 e. The zero-order valence-electron chi connectivity index (χ0n) is 12.7. The van der Waals surface area contributed by atoms with Crippen LogP contribution in [0.2, 0.25) is 0 Å². The second-order valence-corrected chi connectivity index (χ2v) is 6.29. The fourth-order valence-corrected chi connectivity index (χ4v) is 3.34. The van der Waals surface area contributed by atoms with E-state index in [9.17, 15) is 0 Å². The minimum atomic E-state index is 0.562. The number of para-hydroxylation sites is 1. The van der Waals surface area contributed by atoms with Gasteiger partial charge in [0.25, 0.3) is 0 Å². The van der Waals surface area contributed by atoms with Gasteiger partial charge in [-0.25, -0.2) is 4.68 Å². The quantitative estimate of drug-likeness (QED) is 0.903. The lowest BCUT2D eigenvalue weighted by Crippen LogP contribution is -2.38. The van der Waals surface area contributed by atoms with Crippen LogP contribution in [0, 0.1) is 11.8 Å². The standard InChI is InChI=1S/C17H22N4O/c1-2-4-16-15(3-1)7-13(12-22-16)8-18-9-14-10-19-17-5-6-20-21(17)11-14/h1-6,13-14,18-19H,7-12H2/t13-,14+/m1/s1. The SMILES string of the molecule is c1ccc2c(c1)C[C@H](CNC[C@H]1CNc3ccnn3C1)CO2. The molecule has 2 atom stereocenters. The summed E-state index contributed by atoms with van der Waals surface area (Å²) in [4.78, 5) is 0. The lowest BCUT2D eigenvalue weighted by Gasteiger charge is -2.28. The van der Waals surface area contributed by atoms with Gasteiger partial charge in [0.15, 0.2) is 0 Å². The van der Waals surface area contributed by atoms with Gasteiger partial charge >= 0.3 is 0 Å². The van der Waals surface area contributed by atoms with Gasteiger partial charge < -0.3 is 15.4 Å². The van der Waals surface area contributed by atoms with Gasteiger partial charge in [-0.15, -0.1) is 0 Å². The first kappa shape index (κ1) is 13.6. The van der Waals surface area contributed by atoms with Crippen molar-refractivity contribution in [1.82, 2.24) is 15.1 Å². The van der Waals surface area contributed by atoms with Crippen molar-refractivity contribution >= 4 is 5.82 Å². The molecule has 0 unspecified atom stereocenters. The van der Waals surface area contributed by atoms with Crippen molar-refractivity contribution in [2.24, 2.45) is 11.8 Å². The molecule has 0 saturated carbocycles. The van der Waals surface area contributed by atoms with Crippen LogP contribution < -0.4 is 15.4 Å². The molecule has 5 heteroatoms. The number of ether oxygens (including phenoxy) is 1. The third-order valence-electron chi connectivity index (χ3n) is 4.54. The van der Waals surface area contributed by atoms with E-state index < -0.39 is 0 Å². The molecule has 0 radical (unpaired) electrons. The predicted molar refractivity (Wildman–Crippen MR) is 86.2 cm³/mol. The topological polar surface area (TPSA) is 51.1 Å². The Labute approximate surface area is 130 Å². The number of hydrogen-bond acceptors (Lipinski definition) is 4. The maximum atomic E-state index is 5.85. The molecule has 22 heavy (non-hydrogen) atoms. The van der Waals surface area contributed by atoms with Crippen LogP contribution in [0.1, 0.15) is 5.56 Å². The molecule has 5 nitrogen and oxygen atoms in total. The Morgan fingerprint density at radius 2 is 2.14 bits per heavy atom. The summed E-state index contributed by atoms with van der Waals surface area (Å²) in [6.45, 7) is 4.85. The van der Waals surface area contributed by atoms with Crippen LogP contribution in [-0.2, 0) is 13.0 Å². The fraction of sp³-hybridized carbons (Fsp3) is 0.471. The summed E-state index contributed by atoms with van der Waals surface area (Å²) in [5.74, 6) is 3.34. The van der Waals surface area contributed by atoms with E-state index in [-0.39, 0.29) is 0 Å². The van der Waals surface area contributed by atoms with Crippen LogP contribution in [0.4, 0.5) is 5.82 Å². The van der Waals surface area contributed by atoms with Gasteiger partial charge in [-0.3, -0.25) is 0 Å². The fourth-order valence-electron chi connectivity index (χ4n) is 3.34. The van der Waals surface area contributed by atoms with Gasteiger partial charge in [-0.2, -0.15) is 5.10 Å². The lowest BCUT2D eigenvalue weighted by atomic mass is 9.96. The number of nitrogens with one attached hydrogen (secondary N) is 2. The third kappa shape index (κ3) is 2.81. The molecule has 0 amide bonds. The maximum absolute atomic E-state index is 5.85. The van der Waals surface area contributed by atoms with Crippen LogP contribution in [0.25, 0.3) is 0 Å². The highest BCUT2D eigenvalue weighted by Crippen LogP contribution is 2.26. The molecule has 2 aliphatic rings. The maximum Gasteiger partial charge on any atom is 0.124 e. The van der Waals surface area contributed by atoms with Crippen LogP contribution >= 0.6 is 0 Å². The molecule has 3 heterocycles. The Morgan fingerprint density at radius 1 is 1.23 bits per heavy atom. The van der Waals surface area contributed by atoms with E-state index >= 15 is 0 Å². The Bertz CT molecular complexity index is 639. The first-order valence-electron chi connectivity index (χ1n) is 8.05. The first-order chi connectivity index (χ1) is 10.9. The van der Waals surface area contributed by atoms with Crippen molar-refractivity contribution in [3.8, 4) is 5.75 Å². The van der Waals surface area contributed by atoms with E-state index in [1.165, 1.54) is 5.56 Å². The van der Waals surface area contributed by atoms with Gasteiger partial charge in [-0.1, -0.05) is 18.2 Å². The predicted octanol–water partition coefficient (Wildman–Crippen LogP) is 1.77. The molecule has 0 fully saturated rings. The van der Waals surface area contributed by atoms with Crippen molar-refractivity contribution in [1.29, 1.82) is 0 Å². The van der Waals surface area contributed by atoms with Crippen LogP contribution in [-0.4, -0.2) is 36.0 Å². The highest BCUT2D eigenvalue weighted by Gasteiger charge is 2.21. The number of hydrogen-bond donors (Lipinski definition) is 2. The lowest BCUT2D eigenvalue weighted by molar-refractivity contribution is 0.215. The Hall–Kier alpha value is -2.01. The largest absolute Gasteiger partial charge is 0.493 e. The van der Waals surface area contributed by atoms with Crippen molar-refractivity contribution in [3.63, 3.8) is 0 Å². The molecular formula is C17H22N4O. The van der Waals surface area contributed by atoms with E-state index in [0.29, 0.717) is 11.8 Å². The van der Waals surface area contributed by atoms with Crippen LogP contribution in [0.5, 0.6) is 5.75 Å². The minimum Gasteiger partial charge on any atom is -0.493 e. The van der Waals surface area contributed by atoms with Gasteiger partial charge in [0.05, 0.1) is 12.8 Å². The Morgan fingerprint density at radius 3 is 3.14 bits per heavy atom. The Balaban J connectivity index is 1.25. The summed E-state index contributed by atoms with van der Waals surface area (Å²) in [5, 5.41) is 11.4. The first-order valence-corrected chi connectivity index (χ1v) is 8.05. The zero-order chi connectivity index (χ0) is 14.8. The zero-order valence-corrected chi connectivity index (χ0v) is 12.7. The van der Waals surface area contributed by atoms with Crippen molar-refractivity contribution in [2.45, 2.75) is 13.0 Å². The summed E-state index contributed by atoms with van der Waals surface area (Å²) >= 11 is 0. The van der Waals surface area contributed by atoms with Gasteiger partial charge in [0.1, 0.15) is 11.6 Å². The molecule has 0 saturated heterocycles. The van der Waals surface area contributed by atoms with E-state index in [1.807, 2.05) is 18.3 Å². The average Bonchev–Trinajstić information content (AvgIpc) is 3.02. The van der Waals surface area contributed by atoms with Crippen LogP contribution in [0.15, 0.2) is 36.5 Å². The third-order valence-corrected chi connectivity index (χ3v) is 4.54. The highest BCUT2D eigenvalue weighted by atomic mass is 16.5. The second kappa shape index (κ2) is 6.01. The summed E-state index contributed by atoms with van der Waals surface area (Å²) in [5.41, 5.74) is 1.33. The summed E-state index contributed by atoms with van der Waals surface area (Å²) in [7, 11) is 0. The molecule has 0 bridgehead atoms. The summed E-state index contributed by atoms with van der Waals surface area (Å²) in [6.07, 6.45) is 2.96. The normalized spacial score (nSPS) is 23.1. The van der Waals surface area contributed by atoms with Crippen molar-refractivity contribution < 1.29 is 4.74 Å². The molecule has 0 spiro atoms. The minimum absolute atomic E-state index is 0.562. The molecule has 2 aliphatic heterocycles. The number of nitrogens with zero attached hydrogens (tertiary/aromatic N) is 2. The average molecular weight is 298 g/mol. The van der Waals surface area contributed by atoms with E-state index in [2.05, 4.69) is 38.6 Å². The monoisotopic (exact) mass is 298 g/mol. The van der Waals surface area contributed by atoms with E-state index in [0.717, 1.165) is 50.8 Å². The van der Waals surface area contributed by atoms with Crippen molar-refractivity contribution in [3.05, 3.63) is 42.1 Å². The highest BCUT2D eigenvalue weighted by molar-refractivity contribution is 5.36. The number of aromatic nitrogens is 2. The molecule has 0 aliphatic carbocycles. The van der Waals surface area contributed by atoms with Crippen molar-refractivity contribution in [2.75, 3.05) is 31.6 Å². The Kier molecular flexibility index (Phi) is 3.72. The molecule has 116 valence electrons. The second-order valence-electron chi connectivity index (χ2n) is 6.29. The summed E-state index contributed by atoms with van der Waals surface area (Å²) in [6, 6.07) is 10.4. The van der Waals surface area contributed by atoms with Crippen LogP contribution in [0.3, 0.4) is 0 Å². The molecule has 1 aromatic carbocycles.